The third-order valence-electron chi connectivity index (χ3n) is 3.62. The second-order valence-corrected chi connectivity index (χ2v) is 5.52. The molecule has 6 nitrogen and oxygen atoms in total. The summed E-state index contributed by atoms with van der Waals surface area (Å²) in [5.41, 5.74) is 0.402. The summed E-state index contributed by atoms with van der Waals surface area (Å²) in [6, 6.07) is 12.8. The van der Waals surface area contributed by atoms with Crippen molar-refractivity contribution in [1.29, 1.82) is 0 Å². The smallest absolute Gasteiger partial charge is 0.334 e. The van der Waals surface area contributed by atoms with Crippen molar-refractivity contribution < 1.29 is 28.6 Å². The molecule has 6 heteroatoms. The summed E-state index contributed by atoms with van der Waals surface area (Å²) in [6.07, 6.45) is -0.301. The maximum Gasteiger partial charge on any atom is 0.334 e. The van der Waals surface area contributed by atoms with E-state index in [-0.39, 0.29) is 31.0 Å². The van der Waals surface area contributed by atoms with Gasteiger partial charge in [-0.2, -0.15) is 0 Å². The lowest BCUT2D eigenvalue weighted by atomic mass is 10.0. The highest BCUT2D eigenvalue weighted by molar-refractivity contribution is 6.09. The minimum atomic E-state index is -0.803. The lowest BCUT2D eigenvalue weighted by Gasteiger charge is -2.08. The topological polar surface area (TPSA) is 78.9 Å². The largest absolute Gasteiger partial charge is 0.463 e. The molecule has 0 bridgehead atoms. The normalized spacial score (nSPS) is 10.3. The number of carbonyl (C=O) groups excluding carboxylic acids is 3. The standard InChI is InChI=1S/C20H20O6/c1-14(12-19(22)25-11-10-24-2)20(23)26-13-18(21)17-9-5-7-15-6-3-4-8-16(15)17/h3-9H,1,10-13H2,2H3. The number of rotatable bonds is 9. The summed E-state index contributed by atoms with van der Waals surface area (Å²) in [6.45, 7) is 3.44. The summed E-state index contributed by atoms with van der Waals surface area (Å²) in [5, 5.41) is 1.71. The lowest BCUT2D eigenvalue weighted by Crippen LogP contribution is -2.18. The fourth-order valence-corrected chi connectivity index (χ4v) is 2.32. The van der Waals surface area contributed by atoms with Gasteiger partial charge < -0.3 is 14.2 Å². The zero-order valence-electron chi connectivity index (χ0n) is 14.5. The van der Waals surface area contributed by atoms with Crippen molar-refractivity contribution in [2.75, 3.05) is 26.9 Å². The molecule has 0 atom stereocenters. The molecule has 0 amide bonds. The Morgan fingerprint density at radius 3 is 2.46 bits per heavy atom. The Hall–Kier alpha value is -2.99. The molecule has 2 rings (SSSR count). The molecular weight excluding hydrogens is 336 g/mol. The molecule has 0 aliphatic heterocycles. The van der Waals surface area contributed by atoms with Crippen molar-refractivity contribution in [2.24, 2.45) is 0 Å². The van der Waals surface area contributed by atoms with E-state index in [0.717, 1.165) is 10.8 Å². The van der Waals surface area contributed by atoms with Gasteiger partial charge in [-0.25, -0.2) is 4.79 Å². The first-order valence-electron chi connectivity index (χ1n) is 8.03. The van der Waals surface area contributed by atoms with Gasteiger partial charge in [-0.3, -0.25) is 9.59 Å². The van der Waals surface area contributed by atoms with Crippen LogP contribution in [0.3, 0.4) is 0 Å². The van der Waals surface area contributed by atoms with Gasteiger partial charge in [0.15, 0.2) is 6.61 Å². The number of carbonyl (C=O) groups is 3. The minimum absolute atomic E-state index is 0.0712. The molecule has 0 unspecified atom stereocenters. The van der Waals surface area contributed by atoms with Crippen LogP contribution in [0, 0.1) is 0 Å². The predicted octanol–water partition coefficient (Wildman–Crippen LogP) is 2.70. The maximum atomic E-state index is 12.4. The maximum absolute atomic E-state index is 12.4. The number of methoxy groups -OCH3 is 1. The Morgan fingerprint density at radius 2 is 1.69 bits per heavy atom. The summed E-state index contributed by atoms with van der Waals surface area (Å²) >= 11 is 0. The van der Waals surface area contributed by atoms with Gasteiger partial charge in [0, 0.05) is 18.2 Å². The van der Waals surface area contributed by atoms with Gasteiger partial charge in [0.25, 0.3) is 0 Å². The predicted molar refractivity (Wildman–Crippen MR) is 95.8 cm³/mol. The molecule has 0 saturated heterocycles. The highest BCUT2D eigenvalue weighted by Gasteiger charge is 2.17. The van der Waals surface area contributed by atoms with Crippen LogP contribution in [0.2, 0.25) is 0 Å². The van der Waals surface area contributed by atoms with E-state index in [2.05, 4.69) is 6.58 Å². The van der Waals surface area contributed by atoms with E-state index in [4.69, 9.17) is 14.2 Å². The number of hydrogen-bond donors (Lipinski definition) is 0. The third-order valence-corrected chi connectivity index (χ3v) is 3.62. The van der Waals surface area contributed by atoms with Crippen LogP contribution in [0.25, 0.3) is 10.8 Å². The van der Waals surface area contributed by atoms with Crippen molar-refractivity contribution in [3.05, 3.63) is 60.2 Å². The molecule has 136 valence electrons. The lowest BCUT2D eigenvalue weighted by molar-refractivity contribution is -0.146. The summed E-state index contributed by atoms with van der Waals surface area (Å²) in [4.78, 5) is 35.8. The van der Waals surface area contributed by atoms with Gasteiger partial charge in [-0.05, 0) is 10.8 Å². The van der Waals surface area contributed by atoms with Crippen LogP contribution in [0.1, 0.15) is 16.8 Å². The number of ketones is 1. The summed E-state index contributed by atoms with van der Waals surface area (Å²) < 4.78 is 14.6. The molecule has 0 N–H and O–H groups in total. The monoisotopic (exact) mass is 356 g/mol. The van der Waals surface area contributed by atoms with Crippen molar-refractivity contribution in [3.8, 4) is 0 Å². The Kier molecular flexibility index (Phi) is 7.05. The number of fused-ring (bicyclic) bond motifs is 1. The van der Waals surface area contributed by atoms with Crippen LogP contribution < -0.4 is 0 Å². The molecule has 2 aromatic rings. The van der Waals surface area contributed by atoms with Crippen molar-refractivity contribution in [3.63, 3.8) is 0 Å². The first kappa shape index (κ1) is 19.3. The molecule has 0 aliphatic carbocycles. The first-order chi connectivity index (χ1) is 12.5. The van der Waals surface area contributed by atoms with Gasteiger partial charge in [-0.1, -0.05) is 49.0 Å². The number of esters is 2. The van der Waals surface area contributed by atoms with Gasteiger partial charge in [-0.15, -0.1) is 0 Å². The van der Waals surface area contributed by atoms with E-state index >= 15 is 0 Å². The molecule has 2 aromatic carbocycles. The SMILES string of the molecule is C=C(CC(=O)OCCOC)C(=O)OCC(=O)c1cccc2ccccc12. The van der Waals surface area contributed by atoms with Crippen molar-refractivity contribution >= 4 is 28.5 Å². The fraction of sp³-hybridized carbons (Fsp3) is 0.250. The van der Waals surface area contributed by atoms with Gasteiger partial charge in [0.05, 0.1) is 13.0 Å². The minimum Gasteiger partial charge on any atom is -0.463 e. The van der Waals surface area contributed by atoms with Crippen LogP contribution in [-0.4, -0.2) is 44.7 Å². The van der Waals surface area contributed by atoms with Crippen LogP contribution in [0.5, 0.6) is 0 Å². The zero-order chi connectivity index (χ0) is 18.9. The highest BCUT2D eigenvalue weighted by Crippen LogP contribution is 2.19. The van der Waals surface area contributed by atoms with Gasteiger partial charge in [0.2, 0.25) is 5.78 Å². The highest BCUT2D eigenvalue weighted by atomic mass is 16.6. The van der Waals surface area contributed by atoms with Gasteiger partial charge in [0.1, 0.15) is 6.61 Å². The van der Waals surface area contributed by atoms with Crippen LogP contribution in [0.15, 0.2) is 54.6 Å². The van der Waals surface area contributed by atoms with Gasteiger partial charge >= 0.3 is 11.9 Å². The zero-order valence-corrected chi connectivity index (χ0v) is 14.5. The Labute approximate surface area is 151 Å². The Morgan fingerprint density at radius 1 is 0.962 bits per heavy atom. The van der Waals surface area contributed by atoms with Crippen LogP contribution in [0.4, 0.5) is 0 Å². The Bertz CT molecular complexity index is 819. The second kappa shape index (κ2) is 9.48. The number of benzene rings is 2. The van der Waals surface area contributed by atoms with E-state index in [0.29, 0.717) is 5.56 Å². The van der Waals surface area contributed by atoms with E-state index in [9.17, 15) is 14.4 Å². The fourth-order valence-electron chi connectivity index (χ4n) is 2.32. The Balaban J connectivity index is 1.89. The molecule has 0 fully saturated rings. The number of ether oxygens (including phenoxy) is 3. The van der Waals surface area contributed by atoms with Crippen molar-refractivity contribution in [1.82, 2.24) is 0 Å². The second-order valence-electron chi connectivity index (χ2n) is 5.52. The van der Waals surface area contributed by atoms with Crippen molar-refractivity contribution in [2.45, 2.75) is 6.42 Å². The molecule has 0 spiro atoms. The quantitative estimate of drug-likeness (QED) is 0.297. The van der Waals surface area contributed by atoms with Crippen LogP contribution >= 0.6 is 0 Å². The molecule has 0 saturated carbocycles. The molecule has 0 heterocycles. The average Bonchev–Trinajstić information content (AvgIpc) is 2.65. The van der Waals surface area contributed by atoms with E-state index < -0.39 is 18.5 Å². The molecule has 0 radical (unpaired) electrons. The molecular formula is C20H20O6. The molecule has 0 aromatic heterocycles. The van der Waals surface area contributed by atoms with E-state index in [1.807, 2.05) is 30.3 Å². The molecule has 26 heavy (non-hydrogen) atoms. The molecule has 0 aliphatic rings. The van der Waals surface area contributed by atoms with Crippen LogP contribution in [-0.2, 0) is 23.8 Å². The van der Waals surface area contributed by atoms with E-state index in [1.54, 1.807) is 12.1 Å². The average molecular weight is 356 g/mol. The van der Waals surface area contributed by atoms with E-state index in [1.165, 1.54) is 7.11 Å². The number of Topliss-reactive ketones (excluding diaryl/α,β-unsaturated/α-hetero) is 1. The first-order valence-corrected chi connectivity index (χ1v) is 8.03. The number of hydrogen-bond acceptors (Lipinski definition) is 6. The summed E-state index contributed by atoms with van der Waals surface area (Å²) in [7, 11) is 1.48. The summed E-state index contributed by atoms with van der Waals surface area (Å²) in [5.74, 6) is -1.74. The third kappa shape index (κ3) is 5.26.